The summed E-state index contributed by atoms with van der Waals surface area (Å²) in [6.07, 6.45) is 1.62. The standard InChI is InChI=1S/C14H16BrN3O2S/c1-9(2)7-20-12-4-3-11(15)5-10(12)6-16-18-14-17-13(19)8-21-14/h3-6,9H,7-8H2,1-2H3,(H,17,18,19). The number of thioether (sulfide) groups is 1. The first-order valence-corrected chi connectivity index (χ1v) is 8.28. The van der Waals surface area contributed by atoms with Gasteiger partial charge in [0.1, 0.15) is 5.75 Å². The van der Waals surface area contributed by atoms with Crippen LogP contribution in [0.25, 0.3) is 0 Å². The van der Waals surface area contributed by atoms with Crippen molar-refractivity contribution >= 4 is 45.0 Å². The maximum atomic E-state index is 11.0. The lowest BCUT2D eigenvalue weighted by Crippen LogP contribution is -2.19. The van der Waals surface area contributed by atoms with Crippen molar-refractivity contribution in [3.8, 4) is 5.75 Å². The molecule has 0 atom stereocenters. The summed E-state index contributed by atoms with van der Waals surface area (Å²) in [6.45, 7) is 4.83. The number of hydrogen-bond donors (Lipinski definition) is 1. The molecular formula is C14H16BrN3O2S. The van der Waals surface area contributed by atoms with E-state index in [4.69, 9.17) is 4.74 Å². The lowest BCUT2D eigenvalue weighted by atomic mass is 10.2. The molecule has 2 rings (SSSR count). The second kappa shape index (κ2) is 7.61. The van der Waals surface area contributed by atoms with E-state index in [0.29, 0.717) is 23.4 Å². The number of nitrogens with zero attached hydrogens (tertiary/aromatic N) is 2. The van der Waals surface area contributed by atoms with Gasteiger partial charge in [0.05, 0.1) is 18.6 Å². The van der Waals surface area contributed by atoms with Crippen LogP contribution in [0.4, 0.5) is 0 Å². The van der Waals surface area contributed by atoms with Gasteiger partial charge in [0, 0.05) is 10.0 Å². The van der Waals surface area contributed by atoms with E-state index in [-0.39, 0.29) is 5.91 Å². The van der Waals surface area contributed by atoms with Gasteiger partial charge in [-0.1, -0.05) is 41.5 Å². The van der Waals surface area contributed by atoms with Crippen molar-refractivity contribution in [2.75, 3.05) is 12.4 Å². The summed E-state index contributed by atoms with van der Waals surface area (Å²) >= 11 is 4.77. The Bertz CT molecular complexity index is 588. The largest absolute Gasteiger partial charge is 0.493 e. The third-order valence-corrected chi connectivity index (χ3v) is 3.83. The van der Waals surface area contributed by atoms with Crippen molar-refractivity contribution in [2.24, 2.45) is 16.1 Å². The van der Waals surface area contributed by atoms with Gasteiger partial charge in [-0.3, -0.25) is 4.79 Å². The highest BCUT2D eigenvalue weighted by atomic mass is 79.9. The van der Waals surface area contributed by atoms with Crippen molar-refractivity contribution in [2.45, 2.75) is 13.8 Å². The van der Waals surface area contributed by atoms with E-state index in [1.807, 2.05) is 18.2 Å². The zero-order chi connectivity index (χ0) is 15.2. The molecule has 1 fully saturated rings. The van der Waals surface area contributed by atoms with Gasteiger partial charge in [-0.25, -0.2) is 0 Å². The molecule has 0 radical (unpaired) electrons. The van der Waals surface area contributed by atoms with Gasteiger partial charge in [-0.2, -0.15) is 5.10 Å². The van der Waals surface area contributed by atoms with Crippen LogP contribution < -0.4 is 10.1 Å². The summed E-state index contributed by atoms with van der Waals surface area (Å²) in [7, 11) is 0. The molecule has 112 valence electrons. The van der Waals surface area contributed by atoms with Gasteiger partial charge in [-0.05, 0) is 24.1 Å². The Morgan fingerprint density at radius 1 is 1.52 bits per heavy atom. The normalized spacial score (nSPS) is 17.0. The van der Waals surface area contributed by atoms with Crippen LogP contribution in [0, 0.1) is 5.92 Å². The van der Waals surface area contributed by atoms with Crippen LogP contribution >= 0.6 is 27.7 Å². The molecular weight excluding hydrogens is 354 g/mol. The molecule has 0 saturated carbocycles. The minimum atomic E-state index is -0.0441. The van der Waals surface area contributed by atoms with Crippen LogP contribution in [0.3, 0.4) is 0 Å². The number of amides is 1. The molecule has 0 aliphatic carbocycles. The third-order valence-electron chi connectivity index (χ3n) is 2.48. The molecule has 21 heavy (non-hydrogen) atoms. The number of carbonyl (C=O) groups excluding carboxylic acids is 1. The minimum Gasteiger partial charge on any atom is -0.493 e. The number of ether oxygens (including phenoxy) is 1. The summed E-state index contributed by atoms with van der Waals surface area (Å²) in [5.41, 5.74) is 0.837. The van der Waals surface area contributed by atoms with E-state index < -0.39 is 0 Å². The monoisotopic (exact) mass is 369 g/mol. The predicted molar refractivity (Wildman–Crippen MR) is 90.1 cm³/mol. The van der Waals surface area contributed by atoms with E-state index in [9.17, 15) is 4.79 Å². The third kappa shape index (κ3) is 5.17. The molecule has 1 heterocycles. The fourth-order valence-electron chi connectivity index (χ4n) is 1.53. The minimum absolute atomic E-state index is 0.0441. The number of hydrogen-bond acceptors (Lipinski definition) is 5. The first kappa shape index (κ1) is 16.0. The molecule has 1 aliphatic rings. The lowest BCUT2D eigenvalue weighted by Gasteiger charge is -2.11. The highest BCUT2D eigenvalue weighted by Gasteiger charge is 2.16. The van der Waals surface area contributed by atoms with E-state index in [2.05, 4.69) is 45.3 Å². The summed E-state index contributed by atoms with van der Waals surface area (Å²) < 4.78 is 6.70. The van der Waals surface area contributed by atoms with Crippen molar-refractivity contribution in [1.29, 1.82) is 0 Å². The van der Waals surface area contributed by atoms with E-state index in [1.54, 1.807) is 6.21 Å². The Morgan fingerprint density at radius 3 is 3.00 bits per heavy atom. The molecule has 0 spiro atoms. The molecule has 1 saturated heterocycles. The molecule has 0 unspecified atom stereocenters. The first-order chi connectivity index (χ1) is 10.0. The van der Waals surface area contributed by atoms with Crippen molar-refractivity contribution in [3.05, 3.63) is 28.2 Å². The molecule has 1 aliphatic heterocycles. The quantitative estimate of drug-likeness (QED) is 0.640. The number of amidine groups is 1. The predicted octanol–water partition coefficient (Wildman–Crippen LogP) is 3.04. The summed E-state index contributed by atoms with van der Waals surface area (Å²) in [5.74, 6) is 1.56. The van der Waals surface area contributed by atoms with Crippen molar-refractivity contribution in [1.82, 2.24) is 5.32 Å². The maximum Gasteiger partial charge on any atom is 0.236 e. The molecule has 1 N–H and O–H groups in total. The van der Waals surface area contributed by atoms with E-state index in [1.165, 1.54) is 11.8 Å². The number of benzene rings is 1. The van der Waals surface area contributed by atoms with Gasteiger partial charge in [0.25, 0.3) is 0 Å². The SMILES string of the molecule is CC(C)COc1ccc(Br)cc1C=NN=C1NC(=O)CS1. The molecule has 7 heteroatoms. The van der Waals surface area contributed by atoms with Crippen LogP contribution in [-0.2, 0) is 4.79 Å². The Labute approximate surface area is 136 Å². The van der Waals surface area contributed by atoms with Crippen LogP contribution in [0.5, 0.6) is 5.75 Å². The smallest absolute Gasteiger partial charge is 0.236 e. The second-order valence-corrected chi connectivity index (χ2v) is 6.75. The van der Waals surface area contributed by atoms with Gasteiger partial charge in [0.2, 0.25) is 5.91 Å². The van der Waals surface area contributed by atoms with Gasteiger partial charge < -0.3 is 10.1 Å². The Kier molecular flexibility index (Phi) is 5.81. The van der Waals surface area contributed by atoms with Crippen LogP contribution in [0.1, 0.15) is 19.4 Å². The molecule has 1 aromatic carbocycles. The van der Waals surface area contributed by atoms with Crippen LogP contribution in [0.15, 0.2) is 32.9 Å². The first-order valence-electron chi connectivity index (χ1n) is 6.50. The average molecular weight is 370 g/mol. The topological polar surface area (TPSA) is 63.1 Å². The van der Waals surface area contributed by atoms with Crippen molar-refractivity contribution in [3.63, 3.8) is 0 Å². The summed E-state index contributed by atoms with van der Waals surface area (Å²) in [5, 5.41) is 11.1. The number of carbonyl (C=O) groups is 1. The Balaban J connectivity index is 2.10. The molecule has 1 aromatic rings. The number of rotatable bonds is 5. The second-order valence-electron chi connectivity index (χ2n) is 4.87. The highest BCUT2D eigenvalue weighted by molar-refractivity contribution is 9.10. The summed E-state index contributed by atoms with van der Waals surface area (Å²) in [4.78, 5) is 11.0. The Hall–Kier alpha value is -1.34. The zero-order valence-electron chi connectivity index (χ0n) is 11.8. The molecule has 0 bridgehead atoms. The van der Waals surface area contributed by atoms with Crippen LogP contribution in [0.2, 0.25) is 0 Å². The number of halogens is 1. The molecule has 5 nitrogen and oxygen atoms in total. The maximum absolute atomic E-state index is 11.0. The molecule has 1 amide bonds. The number of nitrogens with one attached hydrogen (secondary N) is 1. The fourth-order valence-corrected chi connectivity index (χ4v) is 2.54. The lowest BCUT2D eigenvalue weighted by molar-refractivity contribution is -0.116. The van der Waals surface area contributed by atoms with Crippen LogP contribution in [-0.4, -0.2) is 29.6 Å². The van der Waals surface area contributed by atoms with Gasteiger partial charge in [-0.15, -0.1) is 5.10 Å². The zero-order valence-corrected chi connectivity index (χ0v) is 14.2. The molecule has 0 aromatic heterocycles. The van der Waals surface area contributed by atoms with E-state index >= 15 is 0 Å². The van der Waals surface area contributed by atoms with E-state index in [0.717, 1.165) is 15.8 Å². The highest BCUT2D eigenvalue weighted by Crippen LogP contribution is 2.22. The van der Waals surface area contributed by atoms with Gasteiger partial charge >= 0.3 is 0 Å². The summed E-state index contributed by atoms with van der Waals surface area (Å²) in [6, 6.07) is 5.73. The average Bonchev–Trinajstić information content (AvgIpc) is 2.83. The Morgan fingerprint density at radius 2 is 2.33 bits per heavy atom. The van der Waals surface area contributed by atoms with Crippen molar-refractivity contribution < 1.29 is 9.53 Å². The fraction of sp³-hybridized carbons (Fsp3) is 0.357. The van der Waals surface area contributed by atoms with Gasteiger partial charge in [0.15, 0.2) is 5.17 Å².